The largest absolute Gasteiger partial charge is 0.504 e. The summed E-state index contributed by atoms with van der Waals surface area (Å²) < 4.78 is 0. The summed E-state index contributed by atoms with van der Waals surface area (Å²) in [4.78, 5) is 7.92. The molecule has 29 heavy (non-hydrogen) atoms. The number of aromatic hydroxyl groups is 4. The van der Waals surface area contributed by atoms with Crippen LogP contribution in [0.5, 0.6) is 23.0 Å². The molecule has 148 valence electrons. The number of nitrogens with two attached hydrogens (primary N) is 1. The second kappa shape index (κ2) is 8.43. The molecule has 1 heterocycles. The van der Waals surface area contributed by atoms with Gasteiger partial charge in [-0.05, 0) is 24.3 Å². The summed E-state index contributed by atoms with van der Waals surface area (Å²) in [5, 5.41) is 46.3. The first-order valence-electron chi connectivity index (χ1n) is 8.18. The number of phenolic OH excluding ortho intramolecular Hbond substituents is 4. The van der Waals surface area contributed by atoms with E-state index in [2.05, 4.69) is 31.0 Å². The van der Waals surface area contributed by atoms with Crippen LogP contribution in [-0.4, -0.2) is 42.8 Å². The number of hydrazone groups is 2. The minimum atomic E-state index is -0.299. The van der Waals surface area contributed by atoms with Gasteiger partial charge in [0.25, 0.3) is 0 Å². The van der Waals surface area contributed by atoms with Crippen LogP contribution in [0.25, 0.3) is 0 Å². The lowest BCUT2D eigenvalue weighted by Gasteiger charge is -2.05. The van der Waals surface area contributed by atoms with Gasteiger partial charge in [0.2, 0.25) is 5.95 Å². The van der Waals surface area contributed by atoms with Gasteiger partial charge < -0.3 is 26.2 Å². The Labute approximate surface area is 164 Å². The highest BCUT2D eigenvalue weighted by molar-refractivity contribution is 5.85. The summed E-state index contributed by atoms with van der Waals surface area (Å²) in [5.74, 6) is -0.690. The molecule has 3 aromatic rings. The molecule has 0 aliphatic heterocycles. The van der Waals surface area contributed by atoms with Crippen LogP contribution in [0.2, 0.25) is 0 Å². The van der Waals surface area contributed by atoms with E-state index >= 15 is 0 Å². The number of anilines is 3. The Bertz CT molecular complexity index is 1000. The molecule has 0 aliphatic carbocycles. The molecule has 1 aromatic heterocycles. The van der Waals surface area contributed by atoms with E-state index in [1.807, 2.05) is 0 Å². The number of nitrogens with zero attached hydrogens (tertiary/aromatic N) is 4. The fraction of sp³-hybridized carbons (Fsp3) is 0. The van der Waals surface area contributed by atoms with Gasteiger partial charge in [-0.2, -0.15) is 20.2 Å². The van der Waals surface area contributed by atoms with E-state index in [1.165, 1.54) is 30.6 Å². The molecule has 0 aliphatic rings. The first kappa shape index (κ1) is 19.2. The minimum Gasteiger partial charge on any atom is -0.504 e. The highest BCUT2D eigenvalue weighted by atomic mass is 16.3. The van der Waals surface area contributed by atoms with Crippen molar-refractivity contribution in [3.63, 3.8) is 0 Å². The summed E-state index contributed by atoms with van der Waals surface area (Å²) in [6.45, 7) is 0. The topological polar surface area (TPSA) is 182 Å². The first-order valence-corrected chi connectivity index (χ1v) is 8.18. The fourth-order valence-corrected chi connectivity index (χ4v) is 2.22. The van der Waals surface area contributed by atoms with E-state index in [-0.39, 0.29) is 40.6 Å². The minimum absolute atomic E-state index is 0.0525. The van der Waals surface area contributed by atoms with Crippen molar-refractivity contribution in [1.82, 2.24) is 9.97 Å². The van der Waals surface area contributed by atoms with Crippen molar-refractivity contribution in [2.24, 2.45) is 10.2 Å². The van der Waals surface area contributed by atoms with Crippen LogP contribution in [0.4, 0.5) is 17.6 Å². The Hall–Kier alpha value is -4.54. The van der Waals surface area contributed by atoms with E-state index in [9.17, 15) is 20.4 Å². The van der Waals surface area contributed by atoms with Crippen molar-refractivity contribution in [3.8, 4) is 23.0 Å². The summed E-state index contributed by atoms with van der Waals surface area (Å²) in [6.07, 6.45) is 2.59. The van der Waals surface area contributed by atoms with Gasteiger partial charge in [0.15, 0.2) is 34.6 Å². The predicted octanol–water partition coefficient (Wildman–Crippen LogP) is 1.77. The number of hydrogen-bond donors (Lipinski definition) is 7. The highest BCUT2D eigenvalue weighted by Crippen LogP contribution is 2.27. The predicted molar refractivity (Wildman–Crippen MR) is 108 cm³/mol. The molecule has 11 nitrogen and oxygen atoms in total. The maximum Gasteiger partial charge on any atom is 0.224 e. The van der Waals surface area contributed by atoms with E-state index in [0.717, 1.165) is 0 Å². The van der Waals surface area contributed by atoms with Gasteiger partial charge in [0.1, 0.15) is 0 Å². The number of hydrogen-bond acceptors (Lipinski definition) is 11. The standard InChI is InChI=1S/C18H17N7O4/c19-18-22-14(24-20-8-10-3-1-5-12(26)16(10)28)7-15(23-18)25-21-9-11-4-2-6-13(27)17(11)29/h1-9,26-29H,(H4,19,22,23,24,25)/b20-8+,21-9+. The molecule has 0 fully saturated rings. The Balaban J connectivity index is 1.69. The molecule has 8 N–H and O–H groups in total. The smallest absolute Gasteiger partial charge is 0.224 e. The maximum atomic E-state index is 9.74. The van der Waals surface area contributed by atoms with Crippen molar-refractivity contribution < 1.29 is 20.4 Å². The lowest BCUT2D eigenvalue weighted by atomic mass is 10.2. The van der Waals surface area contributed by atoms with Crippen molar-refractivity contribution in [2.45, 2.75) is 0 Å². The van der Waals surface area contributed by atoms with Crippen LogP contribution in [0.15, 0.2) is 52.7 Å². The van der Waals surface area contributed by atoms with Gasteiger partial charge in [-0.25, -0.2) is 0 Å². The van der Waals surface area contributed by atoms with Gasteiger partial charge in [0.05, 0.1) is 12.4 Å². The summed E-state index contributed by atoms with van der Waals surface area (Å²) >= 11 is 0. The lowest BCUT2D eigenvalue weighted by Crippen LogP contribution is -2.03. The third-order valence-electron chi connectivity index (χ3n) is 3.60. The number of rotatable bonds is 6. The third-order valence-corrected chi connectivity index (χ3v) is 3.60. The van der Waals surface area contributed by atoms with Crippen LogP contribution in [-0.2, 0) is 0 Å². The molecule has 0 spiro atoms. The SMILES string of the molecule is Nc1nc(N/N=C/c2cccc(O)c2O)cc(N/N=C/c2cccc(O)c2O)n1. The molecule has 0 amide bonds. The number of para-hydroxylation sites is 2. The van der Waals surface area contributed by atoms with E-state index in [1.54, 1.807) is 24.3 Å². The number of phenols is 4. The average Bonchev–Trinajstić information content (AvgIpc) is 2.68. The quantitative estimate of drug-likeness (QED) is 0.186. The molecule has 0 unspecified atom stereocenters. The van der Waals surface area contributed by atoms with Crippen LogP contribution in [0.1, 0.15) is 11.1 Å². The normalized spacial score (nSPS) is 11.2. The molecular weight excluding hydrogens is 378 g/mol. The zero-order valence-corrected chi connectivity index (χ0v) is 14.9. The summed E-state index contributed by atoms with van der Waals surface area (Å²) in [7, 11) is 0. The fourth-order valence-electron chi connectivity index (χ4n) is 2.22. The van der Waals surface area contributed by atoms with Crippen molar-refractivity contribution >= 4 is 30.0 Å². The Morgan fingerprint density at radius 1 is 0.759 bits per heavy atom. The summed E-state index contributed by atoms with van der Waals surface area (Å²) in [5.41, 5.74) is 11.5. The average molecular weight is 395 g/mol. The van der Waals surface area contributed by atoms with E-state index in [4.69, 9.17) is 5.73 Å². The highest BCUT2D eigenvalue weighted by Gasteiger charge is 2.05. The Morgan fingerprint density at radius 3 is 1.66 bits per heavy atom. The van der Waals surface area contributed by atoms with Crippen LogP contribution < -0.4 is 16.6 Å². The van der Waals surface area contributed by atoms with E-state index < -0.39 is 0 Å². The second-order valence-corrected chi connectivity index (χ2v) is 5.67. The molecule has 0 saturated carbocycles. The van der Waals surface area contributed by atoms with Gasteiger partial charge >= 0.3 is 0 Å². The second-order valence-electron chi connectivity index (χ2n) is 5.67. The summed E-state index contributed by atoms with van der Waals surface area (Å²) in [6, 6.07) is 10.4. The monoisotopic (exact) mass is 395 g/mol. The molecule has 3 rings (SSSR count). The first-order chi connectivity index (χ1) is 13.9. The zero-order chi connectivity index (χ0) is 20.8. The number of nitrogens with one attached hydrogen (secondary N) is 2. The van der Waals surface area contributed by atoms with Crippen molar-refractivity contribution in [1.29, 1.82) is 0 Å². The molecule has 0 atom stereocenters. The molecule has 0 bridgehead atoms. The van der Waals surface area contributed by atoms with Crippen LogP contribution in [0, 0.1) is 0 Å². The van der Waals surface area contributed by atoms with Crippen molar-refractivity contribution in [2.75, 3.05) is 16.6 Å². The van der Waals surface area contributed by atoms with Crippen molar-refractivity contribution in [3.05, 3.63) is 53.6 Å². The molecule has 0 saturated heterocycles. The molecule has 2 aromatic carbocycles. The third kappa shape index (κ3) is 4.80. The number of aromatic nitrogens is 2. The Kier molecular flexibility index (Phi) is 5.59. The van der Waals surface area contributed by atoms with Gasteiger partial charge in [-0.1, -0.05) is 12.1 Å². The Morgan fingerprint density at radius 2 is 1.21 bits per heavy atom. The van der Waals surface area contributed by atoms with Crippen LogP contribution in [0.3, 0.4) is 0 Å². The number of benzene rings is 2. The van der Waals surface area contributed by atoms with Crippen LogP contribution >= 0.6 is 0 Å². The number of nitrogen functional groups attached to an aromatic ring is 1. The molecular formula is C18H17N7O4. The van der Waals surface area contributed by atoms with Gasteiger partial charge in [0, 0.05) is 17.2 Å². The van der Waals surface area contributed by atoms with E-state index in [0.29, 0.717) is 11.1 Å². The maximum absolute atomic E-state index is 9.74. The van der Waals surface area contributed by atoms with Gasteiger partial charge in [-0.15, -0.1) is 0 Å². The molecule has 0 radical (unpaired) electrons. The zero-order valence-electron chi connectivity index (χ0n) is 14.9. The lowest BCUT2D eigenvalue weighted by molar-refractivity contribution is 0.403. The molecule has 11 heteroatoms. The van der Waals surface area contributed by atoms with Gasteiger partial charge in [-0.3, -0.25) is 10.9 Å².